The summed E-state index contributed by atoms with van der Waals surface area (Å²) in [5.41, 5.74) is 0.489. The van der Waals surface area contributed by atoms with E-state index >= 15 is 0 Å². The Hall–Kier alpha value is 0.110. The van der Waals surface area contributed by atoms with E-state index in [0.717, 1.165) is 24.6 Å². The second-order valence-electron chi connectivity index (χ2n) is 6.20. The van der Waals surface area contributed by atoms with Crippen molar-refractivity contribution in [3.8, 4) is 0 Å². The van der Waals surface area contributed by atoms with Crippen LogP contribution in [0.4, 0.5) is 0 Å². The molecule has 1 N–H and O–H groups in total. The molecule has 1 aliphatic rings. The summed E-state index contributed by atoms with van der Waals surface area (Å²) < 4.78 is 10.9. The molecule has 1 saturated carbocycles. The predicted molar refractivity (Wildman–Crippen MR) is 72.1 cm³/mol. The van der Waals surface area contributed by atoms with Crippen LogP contribution in [0, 0.1) is 11.3 Å². The van der Waals surface area contributed by atoms with Gasteiger partial charge in [0.2, 0.25) is 0 Å². The van der Waals surface area contributed by atoms with E-state index < -0.39 is 10.8 Å². The molecule has 3 unspecified atom stereocenters. The minimum atomic E-state index is -0.634. The van der Waals surface area contributed by atoms with Crippen molar-refractivity contribution in [2.45, 2.75) is 52.5 Å². The van der Waals surface area contributed by atoms with E-state index in [9.17, 15) is 4.21 Å². The first-order valence-electron chi connectivity index (χ1n) is 6.42. The zero-order valence-corrected chi connectivity index (χ0v) is 12.0. The highest BCUT2D eigenvalue weighted by atomic mass is 32.2. The van der Waals surface area contributed by atoms with E-state index in [1.807, 2.05) is 0 Å². The molecule has 3 atom stereocenters. The second-order valence-corrected chi connectivity index (χ2v) is 7.75. The highest BCUT2D eigenvalue weighted by molar-refractivity contribution is 7.84. The molecular formula is C13H27NOS. The first kappa shape index (κ1) is 14.2. The van der Waals surface area contributed by atoms with Crippen LogP contribution in [-0.4, -0.2) is 28.8 Å². The molecule has 0 saturated heterocycles. The van der Waals surface area contributed by atoms with Crippen molar-refractivity contribution in [3.63, 3.8) is 0 Å². The van der Waals surface area contributed by atoms with Crippen LogP contribution in [0.3, 0.4) is 0 Å². The second kappa shape index (κ2) is 6.15. The molecule has 0 aliphatic heterocycles. The number of hydrogen-bond donors (Lipinski definition) is 1. The summed E-state index contributed by atoms with van der Waals surface area (Å²) in [5.74, 6) is 1.67. The van der Waals surface area contributed by atoms with Gasteiger partial charge in [0.25, 0.3) is 0 Å². The van der Waals surface area contributed by atoms with Crippen molar-refractivity contribution in [1.29, 1.82) is 0 Å². The van der Waals surface area contributed by atoms with Crippen LogP contribution in [-0.2, 0) is 10.8 Å². The van der Waals surface area contributed by atoms with Gasteiger partial charge < -0.3 is 5.32 Å². The quantitative estimate of drug-likeness (QED) is 0.754. The van der Waals surface area contributed by atoms with E-state index in [1.54, 1.807) is 6.26 Å². The SMILES string of the molecule is CC1CC(NCCCS(C)=O)CC(C)(C)C1. The molecule has 3 heteroatoms. The van der Waals surface area contributed by atoms with Crippen molar-refractivity contribution in [1.82, 2.24) is 5.32 Å². The molecule has 1 aliphatic carbocycles. The Balaban J connectivity index is 2.23. The fourth-order valence-electron chi connectivity index (χ4n) is 3.08. The Labute approximate surface area is 103 Å². The van der Waals surface area contributed by atoms with Gasteiger partial charge in [-0.1, -0.05) is 20.8 Å². The van der Waals surface area contributed by atoms with Gasteiger partial charge in [0.1, 0.15) is 0 Å². The third-order valence-corrected chi connectivity index (χ3v) is 4.29. The van der Waals surface area contributed by atoms with Gasteiger partial charge in [0, 0.05) is 28.9 Å². The lowest BCUT2D eigenvalue weighted by Gasteiger charge is -2.39. The van der Waals surface area contributed by atoms with Gasteiger partial charge in [-0.15, -0.1) is 0 Å². The molecule has 1 rings (SSSR count). The van der Waals surface area contributed by atoms with E-state index in [0.29, 0.717) is 11.5 Å². The third-order valence-electron chi connectivity index (χ3n) is 3.43. The van der Waals surface area contributed by atoms with E-state index in [-0.39, 0.29) is 0 Å². The maximum absolute atomic E-state index is 10.9. The van der Waals surface area contributed by atoms with Crippen molar-refractivity contribution in [2.75, 3.05) is 18.6 Å². The van der Waals surface area contributed by atoms with Gasteiger partial charge in [-0.05, 0) is 43.6 Å². The van der Waals surface area contributed by atoms with E-state index in [4.69, 9.17) is 0 Å². The molecular weight excluding hydrogens is 218 g/mol. The Bertz CT molecular complexity index is 240. The summed E-state index contributed by atoms with van der Waals surface area (Å²) in [5, 5.41) is 3.63. The lowest BCUT2D eigenvalue weighted by Crippen LogP contribution is -2.40. The monoisotopic (exact) mass is 245 g/mol. The molecule has 0 bridgehead atoms. The summed E-state index contributed by atoms with van der Waals surface area (Å²) in [6.07, 6.45) is 6.76. The molecule has 16 heavy (non-hydrogen) atoms. The van der Waals surface area contributed by atoms with Gasteiger partial charge in [-0.3, -0.25) is 4.21 Å². The van der Waals surface area contributed by atoms with Crippen molar-refractivity contribution < 1.29 is 4.21 Å². The molecule has 0 aromatic rings. The standard InChI is InChI=1S/C13H27NOS/c1-11-8-12(10-13(2,3)9-11)14-6-5-7-16(4)15/h11-12,14H,5-10H2,1-4H3. The summed E-state index contributed by atoms with van der Waals surface area (Å²) >= 11 is 0. The normalized spacial score (nSPS) is 31.2. The van der Waals surface area contributed by atoms with Crippen LogP contribution >= 0.6 is 0 Å². The molecule has 0 aromatic heterocycles. The Morgan fingerprint density at radius 2 is 2.06 bits per heavy atom. The van der Waals surface area contributed by atoms with Crippen LogP contribution in [0.15, 0.2) is 0 Å². The van der Waals surface area contributed by atoms with Crippen molar-refractivity contribution in [3.05, 3.63) is 0 Å². The summed E-state index contributed by atoms with van der Waals surface area (Å²) in [7, 11) is -0.634. The molecule has 1 fully saturated rings. The van der Waals surface area contributed by atoms with Crippen LogP contribution < -0.4 is 5.32 Å². The lowest BCUT2D eigenvalue weighted by atomic mass is 9.70. The first-order valence-corrected chi connectivity index (χ1v) is 8.15. The lowest BCUT2D eigenvalue weighted by molar-refractivity contribution is 0.152. The minimum absolute atomic E-state index is 0.489. The fraction of sp³-hybridized carbons (Fsp3) is 1.00. The zero-order valence-electron chi connectivity index (χ0n) is 11.2. The van der Waals surface area contributed by atoms with Gasteiger partial charge in [-0.25, -0.2) is 0 Å². The van der Waals surface area contributed by atoms with E-state index in [2.05, 4.69) is 26.1 Å². The van der Waals surface area contributed by atoms with Gasteiger partial charge >= 0.3 is 0 Å². The average Bonchev–Trinajstić information content (AvgIpc) is 2.08. The summed E-state index contributed by atoms with van der Waals surface area (Å²) in [4.78, 5) is 0. The topological polar surface area (TPSA) is 29.1 Å². The number of hydrogen-bond acceptors (Lipinski definition) is 2. The molecule has 0 radical (unpaired) electrons. The smallest absolute Gasteiger partial charge is 0.0244 e. The fourth-order valence-corrected chi connectivity index (χ4v) is 3.63. The van der Waals surface area contributed by atoms with Gasteiger partial charge in [-0.2, -0.15) is 0 Å². The number of nitrogens with one attached hydrogen (secondary N) is 1. The zero-order chi connectivity index (χ0) is 12.2. The largest absolute Gasteiger partial charge is 0.314 e. The third kappa shape index (κ3) is 5.44. The minimum Gasteiger partial charge on any atom is -0.314 e. The van der Waals surface area contributed by atoms with E-state index in [1.165, 1.54) is 19.3 Å². The maximum atomic E-state index is 10.9. The highest BCUT2D eigenvalue weighted by Crippen LogP contribution is 2.38. The van der Waals surface area contributed by atoms with Crippen LogP contribution in [0.25, 0.3) is 0 Å². The molecule has 0 heterocycles. The van der Waals surface area contributed by atoms with Gasteiger partial charge in [0.15, 0.2) is 0 Å². The molecule has 0 spiro atoms. The van der Waals surface area contributed by atoms with Crippen LogP contribution in [0.2, 0.25) is 0 Å². The Morgan fingerprint density at radius 3 is 2.62 bits per heavy atom. The Kier molecular flexibility index (Phi) is 5.45. The summed E-state index contributed by atoms with van der Waals surface area (Å²) in [6.45, 7) is 8.13. The van der Waals surface area contributed by atoms with Crippen LogP contribution in [0.5, 0.6) is 0 Å². The average molecular weight is 245 g/mol. The summed E-state index contributed by atoms with van der Waals surface area (Å²) in [6, 6.07) is 0.670. The van der Waals surface area contributed by atoms with Crippen molar-refractivity contribution >= 4 is 10.8 Å². The maximum Gasteiger partial charge on any atom is 0.0244 e. The highest BCUT2D eigenvalue weighted by Gasteiger charge is 2.31. The first-order chi connectivity index (χ1) is 7.39. The van der Waals surface area contributed by atoms with Crippen LogP contribution in [0.1, 0.15) is 46.5 Å². The Morgan fingerprint density at radius 1 is 1.38 bits per heavy atom. The molecule has 0 aromatic carbocycles. The molecule has 0 amide bonds. The molecule has 2 nitrogen and oxygen atoms in total. The molecule has 96 valence electrons. The number of rotatable bonds is 5. The predicted octanol–water partition coefficient (Wildman–Crippen LogP) is 2.56. The van der Waals surface area contributed by atoms with Gasteiger partial charge in [0.05, 0.1) is 0 Å². The van der Waals surface area contributed by atoms with Crippen molar-refractivity contribution in [2.24, 2.45) is 11.3 Å².